The number of anilines is 2. The van der Waals surface area contributed by atoms with Crippen molar-refractivity contribution >= 4 is 23.4 Å². The minimum absolute atomic E-state index is 0.155. The van der Waals surface area contributed by atoms with Gasteiger partial charge in [0.25, 0.3) is 0 Å². The van der Waals surface area contributed by atoms with Gasteiger partial charge in [-0.25, -0.2) is 9.59 Å². The molecule has 0 fully saturated rings. The van der Waals surface area contributed by atoms with Gasteiger partial charge in [-0.1, -0.05) is 25.3 Å². The predicted molar refractivity (Wildman–Crippen MR) is 126 cm³/mol. The third-order valence-electron chi connectivity index (χ3n) is 5.58. The standard InChI is InChI=1S/C24H32N4O5/c1-31-12-13-33-23(29)20-7-5-3-4-6-19(25)22-14-16(10-11-26-22)18-9-8-17(15-21(18)28-20)27-24(30)32-2/h8-11,14-15,19-20,28H,3-7,12-13,25H2,1-2H3,(H,27,30)/t19-,20+/m0/s1. The number of carbonyl (C=O) groups excluding carboxylic acids is 2. The highest BCUT2D eigenvalue weighted by Gasteiger charge is 2.22. The van der Waals surface area contributed by atoms with Crippen molar-refractivity contribution < 1.29 is 23.8 Å². The zero-order chi connectivity index (χ0) is 23.6. The number of methoxy groups -OCH3 is 2. The molecular formula is C24H32N4O5. The molecule has 178 valence electrons. The van der Waals surface area contributed by atoms with Crippen LogP contribution >= 0.6 is 0 Å². The summed E-state index contributed by atoms with van der Waals surface area (Å²) in [6.07, 6.45) is 5.31. The lowest BCUT2D eigenvalue weighted by molar-refractivity contribution is -0.146. The lowest BCUT2D eigenvalue weighted by Crippen LogP contribution is -2.32. The fraction of sp³-hybridized carbons (Fsp3) is 0.458. The van der Waals surface area contributed by atoms with Crippen molar-refractivity contribution in [2.24, 2.45) is 5.73 Å². The van der Waals surface area contributed by atoms with Crippen LogP contribution in [0.4, 0.5) is 16.2 Å². The number of aromatic nitrogens is 1. The van der Waals surface area contributed by atoms with Gasteiger partial charge in [-0.2, -0.15) is 0 Å². The van der Waals surface area contributed by atoms with Crippen molar-refractivity contribution in [3.05, 3.63) is 42.2 Å². The lowest BCUT2D eigenvalue weighted by Gasteiger charge is -2.21. The number of hydrogen-bond donors (Lipinski definition) is 3. The molecule has 9 heteroatoms. The molecule has 1 aromatic heterocycles. The Morgan fingerprint density at radius 1 is 1.12 bits per heavy atom. The van der Waals surface area contributed by atoms with Gasteiger partial charge >= 0.3 is 12.1 Å². The number of ether oxygens (including phenoxy) is 3. The van der Waals surface area contributed by atoms with Crippen molar-refractivity contribution in [3.63, 3.8) is 0 Å². The number of rotatable bonds is 5. The highest BCUT2D eigenvalue weighted by molar-refractivity contribution is 5.90. The van der Waals surface area contributed by atoms with E-state index in [1.54, 1.807) is 25.4 Å². The molecule has 0 saturated heterocycles. The van der Waals surface area contributed by atoms with Crippen LogP contribution in [0.5, 0.6) is 0 Å². The van der Waals surface area contributed by atoms with E-state index in [1.807, 2.05) is 18.2 Å². The maximum Gasteiger partial charge on any atom is 0.411 e. The highest BCUT2D eigenvalue weighted by Crippen LogP contribution is 2.33. The van der Waals surface area contributed by atoms with Gasteiger partial charge in [0.1, 0.15) is 12.6 Å². The van der Waals surface area contributed by atoms with Crippen LogP contribution in [0.15, 0.2) is 36.5 Å². The zero-order valence-corrected chi connectivity index (χ0v) is 19.1. The van der Waals surface area contributed by atoms with Gasteiger partial charge in [0.15, 0.2) is 0 Å². The van der Waals surface area contributed by atoms with Crippen LogP contribution in [0.25, 0.3) is 11.1 Å². The second kappa shape index (κ2) is 12.2. The summed E-state index contributed by atoms with van der Waals surface area (Å²) in [6, 6.07) is 8.61. The largest absolute Gasteiger partial charge is 0.462 e. The molecule has 33 heavy (non-hydrogen) atoms. The van der Waals surface area contributed by atoms with Gasteiger partial charge in [-0.15, -0.1) is 0 Å². The number of carbonyl (C=O) groups is 2. The van der Waals surface area contributed by atoms with Crippen molar-refractivity contribution in [2.75, 3.05) is 38.1 Å². The van der Waals surface area contributed by atoms with Crippen LogP contribution in [0.3, 0.4) is 0 Å². The summed E-state index contributed by atoms with van der Waals surface area (Å²) in [7, 11) is 2.86. The van der Waals surface area contributed by atoms with E-state index in [0.717, 1.165) is 42.5 Å². The Morgan fingerprint density at radius 2 is 1.94 bits per heavy atom. The normalized spacial score (nSPS) is 18.4. The number of hydrogen-bond acceptors (Lipinski definition) is 8. The summed E-state index contributed by atoms with van der Waals surface area (Å²) in [5, 5.41) is 6.03. The molecule has 0 aliphatic carbocycles. The summed E-state index contributed by atoms with van der Waals surface area (Å²) in [5.41, 5.74) is 10.2. The molecule has 1 aromatic carbocycles. The van der Waals surface area contributed by atoms with Crippen LogP contribution in [0.1, 0.15) is 43.8 Å². The molecule has 0 saturated carbocycles. The third-order valence-corrected chi connectivity index (χ3v) is 5.58. The van der Waals surface area contributed by atoms with Crippen LogP contribution in [-0.2, 0) is 19.0 Å². The van der Waals surface area contributed by atoms with Crippen molar-refractivity contribution in [3.8, 4) is 11.1 Å². The Morgan fingerprint density at radius 3 is 2.73 bits per heavy atom. The molecule has 0 unspecified atom stereocenters. The summed E-state index contributed by atoms with van der Waals surface area (Å²) in [5.74, 6) is -0.341. The Bertz CT molecular complexity index is 952. The van der Waals surface area contributed by atoms with Gasteiger partial charge in [0, 0.05) is 36.3 Å². The second-order valence-electron chi connectivity index (χ2n) is 7.95. The average Bonchev–Trinajstić information content (AvgIpc) is 2.83. The summed E-state index contributed by atoms with van der Waals surface area (Å²) >= 11 is 0. The minimum atomic E-state index is -0.577. The molecule has 0 spiro atoms. The van der Waals surface area contributed by atoms with Gasteiger partial charge < -0.3 is 25.3 Å². The van der Waals surface area contributed by atoms with E-state index in [4.69, 9.17) is 19.9 Å². The Kier molecular flexibility index (Phi) is 9.03. The molecule has 2 heterocycles. The van der Waals surface area contributed by atoms with E-state index in [0.29, 0.717) is 24.4 Å². The number of nitrogens with zero attached hydrogens (tertiary/aromatic N) is 1. The number of esters is 1. The van der Waals surface area contributed by atoms with Gasteiger partial charge in [-0.05, 0) is 42.7 Å². The molecule has 2 bridgehead atoms. The monoisotopic (exact) mass is 456 g/mol. The number of pyridine rings is 1. The predicted octanol–water partition coefficient (Wildman–Crippen LogP) is 3.86. The number of amides is 1. The van der Waals surface area contributed by atoms with Crippen LogP contribution < -0.4 is 16.4 Å². The number of nitrogens with one attached hydrogen (secondary N) is 2. The minimum Gasteiger partial charge on any atom is -0.462 e. The quantitative estimate of drug-likeness (QED) is 0.458. The van der Waals surface area contributed by atoms with E-state index >= 15 is 0 Å². The molecule has 1 aliphatic heterocycles. The number of benzene rings is 1. The first-order chi connectivity index (χ1) is 16.0. The Balaban J connectivity index is 1.99. The first kappa shape index (κ1) is 24.5. The second-order valence-corrected chi connectivity index (χ2v) is 7.95. The Hall–Kier alpha value is -3.17. The van der Waals surface area contributed by atoms with Crippen molar-refractivity contribution in [2.45, 2.75) is 44.2 Å². The van der Waals surface area contributed by atoms with E-state index in [2.05, 4.69) is 15.6 Å². The summed E-state index contributed by atoms with van der Waals surface area (Å²) in [6.45, 7) is 0.521. The fourth-order valence-corrected chi connectivity index (χ4v) is 3.78. The molecule has 4 N–H and O–H groups in total. The molecule has 2 atom stereocenters. The maximum atomic E-state index is 12.8. The number of fused-ring (bicyclic) bond motifs is 4. The first-order valence-electron chi connectivity index (χ1n) is 11.1. The topological polar surface area (TPSA) is 125 Å². The van der Waals surface area contributed by atoms with E-state index in [1.165, 1.54) is 7.11 Å². The smallest absolute Gasteiger partial charge is 0.411 e. The van der Waals surface area contributed by atoms with Gasteiger partial charge in [0.05, 0.1) is 19.4 Å². The SMILES string of the molecule is COCCOC(=O)[C@H]1CCCCC[C@H](N)c2cc(ccn2)-c2ccc(NC(=O)OC)cc2N1. The summed E-state index contributed by atoms with van der Waals surface area (Å²) in [4.78, 5) is 29.0. The van der Waals surface area contributed by atoms with Crippen molar-refractivity contribution in [1.29, 1.82) is 0 Å². The first-order valence-corrected chi connectivity index (χ1v) is 11.1. The van der Waals surface area contributed by atoms with Crippen molar-refractivity contribution in [1.82, 2.24) is 4.98 Å². The molecule has 9 nitrogen and oxygen atoms in total. The fourth-order valence-electron chi connectivity index (χ4n) is 3.78. The van der Waals surface area contributed by atoms with E-state index in [-0.39, 0.29) is 18.6 Å². The van der Waals surface area contributed by atoms with Gasteiger partial charge in [-0.3, -0.25) is 10.3 Å². The molecular weight excluding hydrogens is 424 g/mol. The third kappa shape index (κ3) is 6.90. The van der Waals surface area contributed by atoms with Crippen LogP contribution in [0.2, 0.25) is 0 Å². The van der Waals surface area contributed by atoms with E-state index in [9.17, 15) is 9.59 Å². The summed E-state index contributed by atoms with van der Waals surface area (Å²) < 4.78 is 15.1. The molecule has 1 aliphatic rings. The number of nitrogens with two attached hydrogens (primary N) is 1. The highest BCUT2D eigenvalue weighted by atomic mass is 16.6. The maximum absolute atomic E-state index is 12.8. The zero-order valence-electron chi connectivity index (χ0n) is 19.1. The lowest BCUT2D eigenvalue weighted by atomic mass is 10.00. The van der Waals surface area contributed by atoms with Crippen LogP contribution in [-0.4, -0.2) is 50.5 Å². The molecule has 2 aromatic rings. The molecule has 3 rings (SSSR count). The molecule has 0 radical (unpaired) electrons. The Labute approximate surface area is 194 Å². The average molecular weight is 457 g/mol. The van der Waals surface area contributed by atoms with Gasteiger partial charge in [0.2, 0.25) is 0 Å². The van der Waals surface area contributed by atoms with E-state index < -0.39 is 12.1 Å². The molecule has 1 amide bonds. The van der Waals surface area contributed by atoms with Crippen LogP contribution in [0, 0.1) is 0 Å².